The van der Waals surface area contributed by atoms with E-state index in [2.05, 4.69) is 22.3 Å². The van der Waals surface area contributed by atoms with Gasteiger partial charge in [-0.2, -0.15) is 0 Å². The van der Waals surface area contributed by atoms with Crippen LogP contribution < -0.4 is 4.84 Å². The number of aromatic hydroxyl groups is 1. The lowest BCUT2D eigenvalue weighted by Gasteiger charge is -2.21. The van der Waals surface area contributed by atoms with Crippen LogP contribution in [0.4, 0.5) is 0 Å². The van der Waals surface area contributed by atoms with Crippen molar-refractivity contribution in [3.8, 4) is 22.8 Å². The molecule has 3 aromatic carbocycles. The molecule has 0 amide bonds. The maximum Gasteiger partial charge on any atom is 0.158 e. The van der Waals surface area contributed by atoms with Gasteiger partial charge in [-0.25, -0.2) is 0 Å². The Morgan fingerprint density at radius 2 is 1.67 bits per heavy atom. The summed E-state index contributed by atoms with van der Waals surface area (Å²) in [7, 11) is 0. The minimum absolute atomic E-state index is 0.184. The standard InChI is InChI=1S/C26H24N2O2/c1-26(2,3)25(22-13-6-7-14-23(22)29)28-30-20-11-8-10-19(17-20)24-21-12-5-4-9-18(21)15-16-27-24/h4-17,29H,1-3H3/b28-25-. The zero-order valence-electron chi connectivity index (χ0n) is 17.3. The fraction of sp³-hybridized carbons (Fsp3) is 0.154. The summed E-state index contributed by atoms with van der Waals surface area (Å²) < 4.78 is 0. The summed E-state index contributed by atoms with van der Waals surface area (Å²) >= 11 is 0. The SMILES string of the molecule is CC(C)(C)/C(=N\Oc1cccc(-c2nccc3ccccc23)c1)c1ccccc1O. The molecule has 0 bridgehead atoms. The molecule has 0 aliphatic carbocycles. The quantitative estimate of drug-likeness (QED) is 0.319. The second kappa shape index (κ2) is 7.99. The van der Waals surface area contributed by atoms with E-state index in [1.807, 2.05) is 81.6 Å². The minimum Gasteiger partial charge on any atom is -0.507 e. The Hall–Kier alpha value is -3.66. The van der Waals surface area contributed by atoms with E-state index < -0.39 is 0 Å². The minimum atomic E-state index is -0.312. The van der Waals surface area contributed by atoms with Gasteiger partial charge in [0, 0.05) is 28.1 Å². The molecule has 1 heterocycles. The van der Waals surface area contributed by atoms with Crippen LogP contribution in [-0.2, 0) is 0 Å². The van der Waals surface area contributed by atoms with Gasteiger partial charge in [0.2, 0.25) is 0 Å². The van der Waals surface area contributed by atoms with Gasteiger partial charge in [-0.1, -0.05) is 74.5 Å². The highest BCUT2D eigenvalue weighted by Gasteiger charge is 2.24. The molecule has 0 unspecified atom stereocenters. The number of hydrogen-bond acceptors (Lipinski definition) is 4. The van der Waals surface area contributed by atoms with E-state index in [0.717, 1.165) is 22.0 Å². The molecule has 4 heteroatoms. The maximum atomic E-state index is 10.3. The van der Waals surface area contributed by atoms with Crippen LogP contribution in [0.1, 0.15) is 26.3 Å². The maximum absolute atomic E-state index is 10.3. The van der Waals surface area contributed by atoms with Gasteiger partial charge in [-0.3, -0.25) is 4.98 Å². The van der Waals surface area contributed by atoms with E-state index in [1.165, 1.54) is 0 Å². The number of phenolic OH excluding ortho intramolecular Hbond substituents is 1. The number of benzene rings is 3. The Bertz CT molecular complexity index is 1220. The Morgan fingerprint density at radius 1 is 0.900 bits per heavy atom. The van der Waals surface area contributed by atoms with Gasteiger partial charge in [0.15, 0.2) is 5.75 Å². The molecule has 150 valence electrons. The molecule has 1 N–H and O–H groups in total. The Kier molecular flexibility index (Phi) is 5.23. The van der Waals surface area contributed by atoms with Gasteiger partial charge in [0.25, 0.3) is 0 Å². The van der Waals surface area contributed by atoms with E-state index in [4.69, 9.17) is 4.84 Å². The summed E-state index contributed by atoms with van der Waals surface area (Å²) in [5.74, 6) is 0.794. The lowest BCUT2D eigenvalue weighted by atomic mass is 9.85. The number of oxime groups is 1. The predicted molar refractivity (Wildman–Crippen MR) is 122 cm³/mol. The van der Waals surface area contributed by atoms with E-state index in [-0.39, 0.29) is 11.2 Å². The largest absolute Gasteiger partial charge is 0.507 e. The van der Waals surface area contributed by atoms with Gasteiger partial charge >= 0.3 is 0 Å². The van der Waals surface area contributed by atoms with Crippen molar-refractivity contribution in [3.05, 3.63) is 90.6 Å². The van der Waals surface area contributed by atoms with Gasteiger partial charge in [-0.05, 0) is 35.7 Å². The number of nitrogens with zero attached hydrogens (tertiary/aromatic N) is 2. The van der Waals surface area contributed by atoms with Gasteiger partial charge in [0.05, 0.1) is 11.4 Å². The molecule has 0 saturated heterocycles. The third-order valence-electron chi connectivity index (χ3n) is 4.89. The van der Waals surface area contributed by atoms with Crippen LogP contribution >= 0.6 is 0 Å². The molecule has 0 spiro atoms. The van der Waals surface area contributed by atoms with Crippen LogP contribution in [0.25, 0.3) is 22.0 Å². The molecule has 0 aliphatic rings. The Balaban J connectivity index is 1.71. The highest BCUT2D eigenvalue weighted by molar-refractivity contribution is 6.05. The first-order valence-electron chi connectivity index (χ1n) is 9.91. The van der Waals surface area contributed by atoms with Crippen LogP contribution in [0.5, 0.6) is 11.5 Å². The number of para-hydroxylation sites is 1. The van der Waals surface area contributed by atoms with Crippen molar-refractivity contribution in [2.24, 2.45) is 10.6 Å². The van der Waals surface area contributed by atoms with Crippen molar-refractivity contribution in [1.82, 2.24) is 4.98 Å². The summed E-state index contributed by atoms with van der Waals surface area (Å²) in [5, 5.41) is 16.9. The molecule has 1 aromatic heterocycles. The molecule has 4 rings (SSSR count). The molecular formula is C26H24N2O2. The fourth-order valence-electron chi connectivity index (χ4n) is 3.41. The normalized spacial score (nSPS) is 12.2. The highest BCUT2D eigenvalue weighted by atomic mass is 16.6. The van der Waals surface area contributed by atoms with Crippen LogP contribution in [0.2, 0.25) is 0 Å². The average Bonchev–Trinajstić information content (AvgIpc) is 2.74. The highest BCUT2D eigenvalue weighted by Crippen LogP contribution is 2.30. The topological polar surface area (TPSA) is 54.7 Å². The number of phenols is 1. The fourth-order valence-corrected chi connectivity index (χ4v) is 3.41. The Morgan fingerprint density at radius 3 is 2.47 bits per heavy atom. The number of pyridine rings is 1. The van der Waals surface area contributed by atoms with Crippen LogP contribution in [0.3, 0.4) is 0 Å². The van der Waals surface area contributed by atoms with E-state index in [9.17, 15) is 5.11 Å². The number of aromatic nitrogens is 1. The summed E-state index contributed by atoms with van der Waals surface area (Å²) in [6.45, 7) is 6.12. The zero-order chi connectivity index (χ0) is 21.1. The molecule has 0 saturated carbocycles. The first kappa shape index (κ1) is 19.6. The second-order valence-electron chi connectivity index (χ2n) is 8.21. The molecular weight excluding hydrogens is 372 g/mol. The molecule has 30 heavy (non-hydrogen) atoms. The van der Waals surface area contributed by atoms with Gasteiger partial charge in [0.1, 0.15) is 5.75 Å². The van der Waals surface area contributed by atoms with Crippen molar-refractivity contribution in [2.45, 2.75) is 20.8 Å². The third-order valence-corrected chi connectivity index (χ3v) is 4.89. The predicted octanol–water partition coefficient (Wildman–Crippen LogP) is 6.44. The summed E-state index contributed by atoms with van der Waals surface area (Å²) in [6.07, 6.45) is 1.82. The lowest BCUT2D eigenvalue weighted by Crippen LogP contribution is -2.22. The second-order valence-corrected chi connectivity index (χ2v) is 8.21. The monoisotopic (exact) mass is 396 g/mol. The molecule has 4 aromatic rings. The molecule has 4 nitrogen and oxygen atoms in total. The van der Waals surface area contributed by atoms with E-state index in [1.54, 1.807) is 12.1 Å². The number of hydrogen-bond donors (Lipinski definition) is 1. The average molecular weight is 396 g/mol. The summed E-state index contributed by atoms with van der Waals surface area (Å²) in [4.78, 5) is 10.4. The summed E-state index contributed by atoms with van der Waals surface area (Å²) in [5.41, 5.74) is 2.89. The first-order chi connectivity index (χ1) is 14.4. The Labute approximate surface area is 176 Å². The van der Waals surface area contributed by atoms with Crippen molar-refractivity contribution in [1.29, 1.82) is 0 Å². The van der Waals surface area contributed by atoms with Crippen molar-refractivity contribution >= 4 is 16.5 Å². The van der Waals surface area contributed by atoms with Crippen LogP contribution in [0.15, 0.2) is 90.2 Å². The van der Waals surface area contributed by atoms with E-state index in [0.29, 0.717) is 17.0 Å². The molecule has 0 fully saturated rings. The van der Waals surface area contributed by atoms with Gasteiger partial charge in [-0.15, -0.1) is 0 Å². The smallest absolute Gasteiger partial charge is 0.158 e. The lowest BCUT2D eigenvalue weighted by molar-refractivity contribution is 0.333. The zero-order valence-corrected chi connectivity index (χ0v) is 17.3. The van der Waals surface area contributed by atoms with Crippen molar-refractivity contribution in [2.75, 3.05) is 0 Å². The first-order valence-corrected chi connectivity index (χ1v) is 9.91. The van der Waals surface area contributed by atoms with E-state index >= 15 is 0 Å². The summed E-state index contributed by atoms with van der Waals surface area (Å²) in [6, 6.07) is 25.1. The third kappa shape index (κ3) is 4.03. The van der Waals surface area contributed by atoms with Crippen molar-refractivity contribution in [3.63, 3.8) is 0 Å². The van der Waals surface area contributed by atoms with Crippen molar-refractivity contribution < 1.29 is 9.94 Å². The molecule has 0 atom stereocenters. The van der Waals surface area contributed by atoms with Crippen LogP contribution in [-0.4, -0.2) is 15.8 Å². The molecule has 0 radical (unpaired) electrons. The van der Waals surface area contributed by atoms with Crippen LogP contribution in [0, 0.1) is 5.41 Å². The van der Waals surface area contributed by atoms with Gasteiger partial charge < -0.3 is 9.94 Å². The molecule has 0 aliphatic heterocycles. The number of rotatable bonds is 4. The number of fused-ring (bicyclic) bond motifs is 1.